The molecule has 0 unspecified atom stereocenters. The van der Waals surface area contributed by atoms with Gasteiger partial charge in [-0.15, -0.1) is 11.3 Å². The van der Waals surface area contributed by atoms with Gasteiger partial charge in [0, 0.05) is 23.2 Å². The van der Waals surface area contributed by atoms with Crippen LogP contribution in [0, 0.1) is 0 Å². The van der Waals surface area contributed by atoms with Gasteiger partial charge in [0.25, 0.3) is 5.91 Å². The molecule has 1 aromatic carbocycles. The van der Waals surface area contributed by atoms with E-state index in [0.29, 0.717) is 25.1 Å². The molecule has 0 radical (unpaired) electrons. The maximum Gasteiger partial charge on any atom is 0.251 e. The van der Waals surface area contributed by atoms with Crippen LogP contribution in [0.15, 0.2) is 71.1 Å². The van der Waals surface area contributed by atoms with Gasteiger partial charge in [0.2, 0.25) is 10.0 Å². The fraction of sp³-hybridized carbons (Fsp3) is 0.158. The molecule has 0 fully saturated rings. The van der Waals surface area contributed by atoms with E-state index in [4.69, 9.17) is 0 Å². The first kappa shape index (κ1) is 19.2. The van der Waals surface area contributed by atoms with E-state index in [1.165, 1.54) is 24.3 Å². The van der Waals surface area contributed by atoms with E-state index >= 15 is 0 Å². The highest BCUT2D eigenvalue weighted by Gasteiger charge is 2.14. The number of carbonyl (C=O) groups is 1. The van der Waals surface area contributed by atoms with Crippen molar-refractivity contribution in [3.8, 4) is 0 Å². The number of pyridine rings is 1. The highest BCUT2D eigenvalue weighted by Crippen LogP contribution is 2.12. The summed E-state index contributed by atoms with van der Waals surface area (Å²) >= 11 is 1.59. The summed E-state index contributed by atoms with van der Waals surface area (Å²) < 4.78 is 27.3. The molecule has 3 rings (SSSR count). The molecule has 1 amide bonds. The number of carbonyl (C=O) groups excluding carboxylic acids is 1. The minimum atomic E-state index is -3.60. The summed E-state index contributed by atoms with van der Waals surface area (Å²) in [5.74, 6) is -0.282. The molecule has 6 nitrogen and oxygen atoms in total. The second-order valence-corrected chi connectivity index (χ2v) is 8.55. The van der Waals surface area contributed by atoms with Crippen LogP contribution in [0.5, 0.6) is 0 Å². The second kappa shape index (κ2) is 8.90. The van der Waals surface area contributed by atoms with Crippen molar-refractivity contribution in [1.82, 2.24) is 15.0 Å². The maximum atomic E-state index is 12.3. The summed E-state index contributed by atoms with van der Waals surface area (Å²) in [5, 5.41) is 4.72. The molecule has 0 bridgehead atoms. The van der Waals surface area contributed by atoms with Crippen molar-refractivity contribution in [2.45, 2.75) is 17.9 Å². The Labute approximate surface area is 162 Å². The van der Waals surface area contributed by atoms with Crippen molar-refractivity contribution >= 4 is 27.3 Å². The van der Waals surface area contributed by atoms with Crippen molar-refractivity contribution in [2.24, 2.45) is 0 Å². The van der Waals surface area contributed by atoms with Crippen molar-refractivity contribution in [3.05, 3.63) is 82.3 Å². The Morgan fingerprint density at radius 1 is 1.04 bits per heavy atom. The Kier molecular flexibility index (Phi) is 6.33. The number of thiophene rings is 1. The number of hydrogen-bond acceptors (Lipinski definition) is 5. The minimum Gasteiger partial charge on any atom is -0.346 e. The van der Waals surface area contributed by atoms with Gasteiger partial charge in [0.1, 0.15) is 0 Å². The molecule has 2 aromatic heterocycles. The zero-order valence-electron chi connectivity index (χ0n) is 14.5. The molecule has 0 aliphatic rings. The number of hydrogen-bond donors (Lipinski definition) is 2. The smallest absolute Gasteiger partial charge is 0.251 e. The SMILES string of the molecule is O=C(NCc1ccccn1)c1ccc(S(=O)(=O)NCCc2cccs2)cc1. The number of benzene rings is 1. The first-order valence-electron chi connectivity index (χ1n) is 8.35. The zero-order chi connectivity index (χ0) is 19.1. The predicted octanol–water partition coefficient (Wildman–Crippen LogP) is 2.59. The predicted molar refractivity (Wildman–Crippen MR) is 105 cm³/mol. The molecule has 2 N–H and O–H groups in total. The van der Waals surface area contributed by atoms with E-state index in [0.717, 1.165) is 10.6 Å². The van der Waals surface area contributed by atoms with Gasteiger partial charge >= 0.3 is 0 Å². The average Bonchev–Trinajstić information content (AvgIpc) is 3.20. The van der Waals surface area contributed by atoms with Crippen molar-refractivity contribution in [2.75, 3.05) is 6.54 Å². The first-order valence-corrected chi connectivity index (χ1v) is 10.7. The summed E-state index contributed by atoms with van der Waals surface area (Å²) in [5.41, 5.74) is 1.14. The van der Waals surface area contributed by atoms with Crippen LogP contribution in [-0.2, 0) is 23.0 Å². The summed E-state index contributed by atoms with van der Waals surface area (Å²) in [6.07, 6.45) is 2.30. The van der Waals surface area contributed by atoms with E-state index in [2.05, 4.69) is 15.0 Å². The summed E-state index contributed by atoms with van der Waals surface area (Å²) in [6, 6.07) is 15.2. The Morgan fingerprint density at radius 2 is 1.85 bits per heavy atom. The molecular formula is C19H19N3O3S2. The summed E-state index contributed by atoms with van der Waals surface area (Å²) in [6.45, 7) is 0.638. The highest BCUT2D eigenvalue weighted by atomic mass is 32.2. The zero-order valence-corrected chi connectivity index (χ0v) is 16.1. The van der Waals surface area contributed by atoms with Gasteiger partial charge in [-0.05, 0) is 54.3 Å². The molecule has 140 valence electrons. The van der Waals surface area contributed by atoms with E-state index < -0.39 is 10.0 Å². The van der Waals surface area contributed by atoms with E-state index in [1.54, 1.807) is 23.6 Å². The monoisotopic (exact) mass is 401 g/mol. The Bertz CT molecular complexity index is 971. The van der Waals surface area contributed by atoms with E-state index in [1.807, 2.05) is 29.6 Å². The minimum absolute atomic E-state index is 0.134. The normalized spacial score (nSPS) is 11.3. The van der Waals surface area contributed by atoms with Crippen molar-refractivity contribution in [1.29, 1.82) is 0 Å². The average molecular weight is 402 g/mol. The van der Waals surface area contributed by atoms with Gasteiger partial charge in [-0.25, -0.2) is 13.1 Å². The topological polar surface area (TPSA) is 88.2 Å². The van der Waals surface area contributed by atoms with Crippen LogP contribution in [0.4, 0.5) is 0 Å². The lowest BCUT2D eigenvalue weighted by atomic mass is 10.2. The van der Waals surface area contributed by atoms with Gasteiger partial charge in [-0.2, -0.15) is 0 Å². The summed E-state index contributed by atoms with van der Waals surface area (Å²) in [7, 11) is -3.60. The molecular weight excluding hydrogens is 382 g/mol. The number of nitrogens with one attached hydrogen (secondary N) is 2. The Morgan fingerprint density at radius 3 is 2.52 bits per heavy atom. The van der Waals surface area contributed by atoms with Crippen LogP contribution in [0.3, 0.4) is 0 Å². The maximum absolute atomic E-state index is 12.3. The molecule has 2 heterocycles. The molecule has 8 heteroatoms. The number of aromatic nitrogens is 1. The molecule has 0 spiro atoms. The van der Waals surface area contributed by atoms with Gasteiger partial charge in [0.05, 0.1) is 17.1 Å². The third kappa shape index (κ3) is 5.46. The molecule has 0 saturated heterocycles. The van der Waals surface area contributed by atoms with Gasteiger partial charge in [-0.3, -0.25) is 9.78 Å². The van der Waals surface area contributed by atoms with E-state index in [9.17, 15) is 13.2 Å². The molecule has 0 saturated carbocycles. The fourth-order valence-electron chi connectivity index (χ4n) is 2.41. The van der Waals surface area contributed by atoms with Crippen LogP contribution in [0.1, 0.15) is 20.9 Å². The third-order valence-corrected chi connectivity index (χ3v) is 6.24. The third-order valence-electron chi connectivity index (χ3n) is 3.83. The van der Waals surface area contributed by atoms with E-state index in [-0.39, 0.29) is 10.8 Å². The first-order chi connectivity index (χ1) is 13.0. The Balaban J connectivity index is 1.56. The second-order valence-electron chi connectivity index (χ2n) is 5.76. The van der Waals surface area contributed by atoms with Crippen molar-refractivity contribution < 1.29 is 13.2 Å². The molecule has 3 aromatic rings. The Hall–Kier alpha value is -2.55. The molecule has 0 atom stereocenters. The number of amides is 1. The van der Waals surface area contributed by atoms with Gasteiger partial charge < -0.3 is 5.32 Å². The number of nitrogens with zero attached hydrogens (tertiary/aromatic N) is 1. The lowest BCUT2D eigenvalue weighted by Crippen LogP contribution is -2.26. The van der Waals surface area contributed by atoms with Crippen LogP contribution < -0.4 is 10.0 Å². The highest BCUT2D eigenvalue weighted by molar-refractivity contribution is 7.89. The summed E-state index contributed by atoms with van der Waals surface area (Å²) in [4.78, 5) is 17.6. The molecule has 0 aliphatic heterocycles. The van der Waals surface area contributed by atoms with Crippen molar-refractivity contribution in [3.63, 3.8) is 0 Å². The van der Waals surface area contributed by atoms with Crippen LogP contribution >= 0.6 is 11.3 Å². The number of sulfonamides is 1. The fourth-order valence-corrected chi connectivity index (χ4v) is 4.15. The number of rotatable bonds is 8. The van der Waals surface area contributed by atoms with Gasteiger partial charge in [-0.1, -0.05) is 12.1 Å². The van der Waals surface area contributed by atoms with Crippen LogP contribution in [-0.4, -0.2) is 25.9 Å². The quantitative estimate of drug-likeness (QED) is 0.607. The largest absolute Gasteiger partial charge is 0.346 e. The molecule has 27 heavy (non-hydrogen) atoms. The van der Waals surface area contributed by atoms with Gasteiger partial charge in [0.15, 0.2) is 0 Å². The lowest BCUT2D eigenvalue weighted by Gasteiger charge is -2.08. The lowest BCUT2D eigenvalue weighted by molar-refractivity contribution is 0.0950. The molecule has 0 aliphatic carbocycles. The van der Waals surface area contributed by atoms with Crippen LogP contribution in [0.2, 0.25) is 0 Å². The standard InChI is InChI=1S/C19H19N3O3S2/c23-19(21-14-16-4-1-2-11-20-16)15-6-8-18(9-7-15)27(24,25)22-12-10-17-5-3-13-26-17/h1-9,11,13,22H,10,12,14H2,(H,21,23). The van der Waals surface area contributed by atoms with Crippen LogP contribution in [0.25, 0.3) is 0 Å².